The van der Waals surface area contributed by atoms with Crippen LogP contribution in [0.4, 0.5) is 4.39 Å². The Balaban J connectivity index is 2.56. The van der Waals surface area contributed by atoms with E-state index in [2.05, 4.69) is 0 Å². The lowest BCUT2D eigenvalue weighted by Gasteiger charge is -2.09. The monoisotopic (exact) mass is 245 g/mol. The highest BCUT2D eigenvalue weighted by atomic mass is 19.1. The van der Waals surface area contributed by atoms with E-state index in [1.165, 1.54) is 6.07 Å². The van der Waals surface area contributed by atoms with E-state index >= 15 is 0 Å². The molecule has 0 aliphatic carbocycles. The summed E-state index contributed by atoms with van der Waals surface area (Å²) in [5, 5.41) is 8.70. The molecule has 0 fully saturated rings. The zero-order chi connectivity index (χ0) is 13.1. The standard InChI is InChI=1S/C14H12FNO2/c1-9-8-10(6-7-13(9)15)11-4-2-3-5-12(11)14(17)16-18/h2-8,18H,1H3,(H,16,17). The second-order valence-electron chi connectivity index (χ2n) is 3.95. The molecule has 0 bridgehead atoms. The van der Waals surface area contributed by atoms with Crippen molar-refractivity contribution in [2.24, 2.45) is 0 Å². The number of amides is 1. The summed E-state index contributed by atoms with van der Waals surface area (Å²) in [6.45, 7) is 1.66. The Morgan fingerprint density at radius 1 is 1.22 bits per heavy atom. The van der Waals surface area contributed by atoms with Crippen molar-refractivity contribution >= 4 is 5.91 Å². The predicted octanol–water partition coefficient (Wildman–Crippen LogP) is 2.92. The van der Waals surface area contributed by atoms with Gasteiger partial charge in [-0.15, -0.1) is 0 Å². The molecule has 0 spiro atoms. The maximum Gasteiger partial charge on any atom is 0.275 e. The fraction of sp³-hybridized carbons (Fsp3) is 0.0714. The molecule has 92 valence electrons. The van der Waals surface area contributed by atoms with E-state index in [0.717, 1.165) is 5.56 Å². The highest BCUT2D eigenvalue weighted by Crippen LogP contribution is 2.25. The third-order valence-corrected chi connectivity index (χ3v) is 2.74. The van der Waals surface area contributed by atoms with Crippen LogP contribution in [0.3, 0.4) is 0 Å². The van der Waals surface area contributed by atoms with E-state index in [1.807, 2.05) is 0 Å². The summed E-state index contributed by atoms with van der Waals surface area (Å²) in [5.41, 5.74) is 3.82. The van der Waals surface area contributed by atoms with E-state index in [4.69, 9.17) is 5.21 Å². The molecular formula is C14H12FNO2. The summed E-state index contributed by atoms with van der Waals surface area (Å²) < 4.78 is 13.2. The van der Waals surface area contributed by atoms with Crippen molar-refractivity contribution in [3.05, 3.63) is 59.4 Å². The van der Waals surface area contributed by atoms with Crippen LogP contribution in [0.2, 0.25) is 0 Å². The number of aryl methyl sites for hydroxylation is 1. The van der Waals surface area contributed by atoms with Crippen LogP contribution in [0.5, 0.6) is 0 Å². The smallest absolute Gasteiger partial charge is 0.275 e. The second kappa shape index (κ2) is 4.98. The molecule has 0 aliphatic heterocycles. The number of hydroxylamine groups is 1. The first-order valence-corrected chi connectivity index (χ1v) is 5.43. The molecule has 0 heterocycles. The van der Waals surface area contributed by atoms with E-state index in [1.54, 1.807) is 48.8 Å². The van der Waals surface area contributed by atoms with Gasteiger partial charge >= 0.3 is 0 Å². The minimum atomic E-state index is -0.590. The normalized spacial score (nSPS) is 10.2. The molecule has 0 saturated carbocycles. The Hall–Kier alpha value is -2.20. The molecule has 0 aromatic heterocycles. The van der Waals surface area contributed by atoms with Gasteiger partial charge in [-0.1, -0.05) is 24.3 Å². The average Bonchev–Trinajstić information content (AvgIpc) is 2.41. The Morgan fingerprint density at radius 3 is 2.61 bits per heavy atom. The highest BCUT2D eigenvalue weighted by Gasteiger charge is 2.12. The van der Waals surface area contributed by atoms with Gasteiger partial charge in [-0.05, 0) is 41.8 Å². The summed E-state index contributed by atoms with van der Waals surface area (Å²) in [4.78, 5) is 11.5. The number of rotatable bonds is 2. The molecule has 0 radical (unpaired) electrons. The molecule has 2 aromatic rings. The van der Waals surface area contributed by atoms with Gasteiger partial charge in [0.05, 0.1) is 0 Å². The molecule has 0 aliphatic rings. The predicted molar refractivity (Wildman–Crippen MR) is 65.8 cm³/mol. The summed E-state index contributed by atoms with van der Waals surface area (Å²) in [7, 11) is 0. The van der Waals surface area contributed by atoms with Gasteiger partial charge in [0.25, 0.3) is 5.91 Å². The number of hydrogen-bond acceptors (Lipinski definition) is 2. The summed E-state index contributed by atoms with van der Waals surface area (Å²) in [5.74, 6) is -0.879. The summed E-state index contributed by atoms with van der Waals surface area (Å²) >= 11 is 0. The van der Waals surface area contributed by atoms with Crippen molar-refractivity contribution in [2.75, 3.05) is 0 Å². The van der Waals surface area contributed by atoms with Crippen molar-refractivity contribution in [3.63, 3.8) is 0 Å². The Kier molecular flexibility index (Phi) is 3.39. The SMILES string of the molecule is Cc1cc(-c2ccccc2C(=O)NO)ccc1F. The fourth-order valence-corrected chi connectivity index (χ4v) is 1.81. The maximum absolute atomic E-state index is 13.2. The lowest BCUT2D eigenvalue weighted by atomic mass is 9.98. The highest BCUT2D eigenvalue weighted by molar-refractivity contribution is 6.00. The van der Waals surface area contributed by atoms with Crippen molar-refractivity contribution in [1.29, 1.82) is 0 Å². The van der Waals surface area contributed by atoms with Crippen LogP contribution in [-0.4, -0.2) is 11.1 Å². The van der Waals surface area contributed by atoms with Crippen molar-refractivity contribution in [1.82, 2.24) is 5.48 Å². The lowest BCUT2D eigenvalue weighted by molar-refractivity contribution is 0.0707. The van der Waals surface area contributed by atoms with Gasteiger partial charge in [0, 0.05) is 5.56 Å². The van der Waals surface area contributed by atoms with Crippen molar-refractivity contribution in [2.45, 2.75) is 6.92 Å². The number of halogens is 1. The van der Waals surface area contributed by atoms with Gasteiger partial charge in [-0.2, -0.15) is 0 Å². The van der Waals surface area contributed by atoms with Crippen molar-refractivity contribution < 1.29 is 14.4 Å². The first-order chi connectivity index (χ1) is 8.63. The van der Waals surface area contributed by atoms with Gasteiger partial charge in [0.15, 0.2) is 0 Å². The van der Waals surface area contributed by atoms with E-state index in [9.17, 15) is 9.18 Å². The van der Waals surface area contributed by atoms with Gasteiger partial charge in [0.2, 0.25) is 0 Å². The Labute approximate surface area is 104 Å². The minimum absolute atomic E-state index is 0.289. The molecular weight excluding hydrogens is 233 g/mol. The van der Waals surface area contributed by atoms with Crippen LogP contribution in [0.1, 0.15) is 15.9 Å². The third-order valence-electron chi connectivity index (χ3n) is 2.74. The van der Waals surface area contributed by atoms with Gasteiger partial charge in [0.1, 0.15) is 5.82 Å². The van der Waals surface area contributed by atoms with Crippen LogP contribution < -0.4 is 5.48 Å². The Bertz CT molecular complexity index is 596. The fourth-order valence-electron chi connectivity index (χ4n) is 1.81. The van der Waals surface area contributed by atoms with Crippen LogP contribution in [0, 0.1) is 12.7 Å². The maximum atomic E-state index is 13.2. The molecule has 2 aromatic carbocycles. The zero-order valence-electron chi connectivity index (χ0n) is 9.77. The van der Waals surface area contributed by atoms with Gasteiger partial charge in [-0.3, -0.25) is 10.0 Å². The molecule has 0 atom stereocenters. The van der Waals surface area contributed by atoms with Crippen LogP contribution >= 0.6 is 0 Å². The molecule has 2 rings (SSSR count). The van der Waals surface area contributed by atoms with E-state index in [-0.39, 0.29) is 5.82 Å². The number of benzene rings is 2. The van der Waals surface area contributed by atoms with E-state index < -0.39 is 5.91 Å². The molecule has 1 amide bonds. The average molecular weight is 245 g/mol. The number of hydrogen-bond donors (Lipinski definition) is 2. The lowest BCUT2D eigenvalue weighted by Crippen LogP contribution is -2.19. The first-order valence-electron chi connectivity index (χ1n) is 5.43. The van der Waals surface area contributed by atoms with E-state index in [0.29, 0.717) is 16.7 Å². The second-order valence-corrected chi connectivity index (χ2v) is 3.95. The van der Waals surface area contributed by atoms with Crippen LogP contribution in [0.15, 0.2) is 42.5 Å². The zero-order valence-corrected chi connectivity index (χ0v) is 9.77. The van der Waals surface area contributed by atoms with Crippen LogP contribution in [0.25, 0.3) is 11.1 Å². The number of carbonyl (C=O) groups is 1. The molecule has 4 heteroatoms. The van der Waals surface area contributed by atoms with Gasteiger partial charge < -0.3 is 0 Å². The minimum Gasteiger partial charge on any atom is -0.288 e. The Morgan fingerprint density at radius 2 is 1.94 bits per heavy atom. The summed E-state index contributed by atoms with van der Waals surface area (Å²) in [6, 6.07) is 11.5. The molecule has 0 saturated heterocycles. The molecule has 2 N–H and O–H groups in total. The quantitative estimate of drug-likeness (QED) is 0.631. The number of nitrogens with one attached hydrogen (secondary N) is 1. The largest absolute Gasteiger partial charge is 0.288 e. The van der Waals surface area contributed by atoms with Gasteiger partial charge in [-0.25, -0.2) is 9.87 Å². The van der Waals surface area contributed by atoms with Crippen LogP contribution in [-0.2, 0) is 0 Å². The topological polar surface area (TPSA) is 49.3 Å². The molecule has 0 unspecified atom stereocenters. The van der Waals surface area contributed by atoms with Crippen molar-refractivity contribution in [3.8, 4) is 11.1 Å². The molecule has 3 nitrogen and oxygen atoms in total. The molecule has 18 heavy (non-hydrogen) atoms. The first kappa shape index (κ1) is 12.3. The number of carbonyl (C=O) groups excluding carboxylic acids is 1. The summed E-state index contributed by atoms with van der Waals surface area (Å²) in [6.07, 6.45) is 0. The third kappa shape index (κ3) is 2.24.